The number of carboxylic acid groups (broad SMARTS) is 1. The summed E-state index contributed by atoms with van der Waals surface area (Å²) in [6.07, 6.45) is 6.07. The van der Waals surface area contributed by atoms with Crippen molar-refractivity contribution in [1.82, 2.24) is 9.80 Å². The molecule has 0 aromatic carbocycles. The topological polar surface area (TPSA) is 60.9 Å². The van der Waals surface area contributed by atoms with Crippen LogP contribution in [0.5, 0.6) is 0 Å². The highest BCUT2D eigenvalue weighted by Gasteiger charge is 2.51. The smallest absolute Gasteiger partial charge is 0.320 e. The van der Waals surface area contributed by atoms with Gasteiger partial charge in [0.25, 0.3) is 0 Å². The van der Waals surface area contributed by atoms with Gasteiger partial charge in [-0.2, -0.15) is 0 Å². The predicted octanol–water partition coefficient (Wildman–Crippen LogP) is 0.935. The maximum atomic E-state index is 12.2. The molecular weight excluding hydrogens is 244 g/mol. The van der Waals surface area contributed by atoms with Crippen LogP contribution in [0.3, 0.4) is 0 Å². The van der Waals surface area contributed by atoms with E-state index in [1.54, 1.807) is 4.90 Å². The summed E-state index contributed by atoms with van der Waals surface area (Å²) in [7, 11) is 1.81. The van der Waals surface area contributed by atoms with Crippen LogP contribution in [0.1, 0.15) is 38.5 Å². The molecule has 1 saturated carbocycles. The molecule has 0 bridgehead atoms. The molecule has 5 heteroatoms. The minimum atomic E-state index is -0.753. The van der Waals surface area contributed by atoms with E-state index in [1.807, 2.05) is 7.05 Å². The standard InChI is InChI=1S/C14H22N2O3/c1-15-7-6-11(13(15)17)16-10-5-3-2-4-9(10)8-12(16)14(18)19/h9-12H,2-8H2,1H3,(H,18,19). The summed E-state index contributed by atoms with van der Waals surface area (Å²) in [6, 6.07) is -0.331. The molecule has 3 rings (SSSR count). The quantitative estimate of drug-likeness (QED) is 0.808. The number of nitrogens with zero attached hydrogens (tertiary/aromatic N) is 2. The molecule has 0 aromatic rings. The monoisotopic (exact) mass is 266 g/mol. The van der Waals surface area contributed by atoms with Gasteiger partial charge >= 0.3 is 5.97 Å². The summed E-state index contributed by atoms with van der Waals surface area (Å²) in [6.45, 7) is 0.754. The third-order valence-corrected chi connectivity index (χ3v) is 5.18. The van der Waals surface area contributed by atoms with Gasteiger partial charge in [-0.3, -0.25) is 14.5 Å². The van der Waals surface area contributed by atoms with E-state index in [-0.39, 0.29) is 11.9 Å². The predicted molar refractivity (Wildman–Crippen MR) is 69.7 cm³/mol. The molecule has 1 N–H and O–H groups in total. The summed E-state index contributed by atoms with van der Waals surface area (Å²) in [5.74, 6) is -0.164. The van der Waals surface area contributed by atoms with Gasteiger partial charge in [-0.25, -0.2) is 0 Å². The molecule has 0 spiro atoms. The van der Waals surface area contributed by atoms with Crippen LogP contribution in [0.15, 0.2) is 0 Å². The minimum Gasteiger partial charge on any atom is -0.480 e. The van der Waals surface area contributed by atoms with Crippen molar-refractivity contribution in [3.8, 4) is 0 Å². The maximum absolute atomic E-state index is 12.2. The zero-order valence-electron chi connectivity index (χ0n) is 11.4. The van der Waals surface area contributed by atoms with Crippen molar-refractivity contribution in [2.75, 3.05) is 13.6 Å². The van der Waals surface area contributed by atoms with Gasteiger partial charge in [0.2, 0.25) is 5.91 Å². The van der Waals surface area contributed by atoms with E-state index in [2.05, 4.69) is 4.90 Å². The molecule has 3 fully saturated rings. The zero-order chi connectivity index (χ0) is 13.6. The zero-order valence-corrected chi connectivity index (χ0v) is 11.4. The van der Waals surface area contributed by atoms with Crippen molar-refractivity contribution in [3.63, 3.8) is 0 Å². The van der Waals surface area contributed by atoms with Crippen molar-refractivity contribution in [2.24, 2.45) is 5.92 Å². The van der Waals surface area contributed by atoms with Crippen molar-refractivity contribution in [2.45, 2.75) is 56.7 Å². The van der Waals surface area contributed by atoms with Crippen LogP contribution in [0.2, 0.25) is 0 Å². The first kappa shape index (κ1) is 12.9. The number of carbonyl (C=O) groups is 2. The van der Waals surface area contributed by atoms with Crippen LogP contribution in [0, 0.1) is 5.92 Å². The molecule has 1 aliphatic carbocycles. The number of hydrogen-bond acceptors (Lipinski definition) is 3. The number of carboxylic acids is 1. The SMILES string of the molecule is CN1CCC(N2C(C(=O)O)CC3CCCCC32)C1=O. The molecule has 19 heavy (non-hydrogen) atoms. The number of likely N-dealkylation sites (tertiary alicyclic amines) is 2. The third kappa shape index (κ3) is 2.04. The van der Waals surface area contributed by atoms with Crippen LogP contribution >= 0.6 is 0 Å². The first-order valence-electron chi connectivity index (χ1n) is 7.35. The van der Waals surface area contributed by atoms with Crippen molar-refractivity contribution < 1.29 is 14.7 Å². The van der Waals surface area contributed by atoms with E-state index >= 15 is 0 Å². The second kappa shape index (κ2) is 4.78. The van der Waals surface area contributed by atoms with Gasteiger partial charge < -0.3 is 10.0 Å². The van der Waals surface area contributed by atoms with E-state index in [4.69, 9.17) is 0 Å². The summed E-state index contributed by atoms with van der Waals surface area (Å²) in [4.78, 5) is 27.5. The molecular formula is C14H22N2O3. The Labute approximate surface area is 113 Å². The molecule has 5 nitrogen and oxygen atoms in total. The largest absolute Gasteiger partial charge is 0.480 e. The Bertz CT molecular complexity index is 398. The molecule has 3 aliphatic rings. The van der Waals surface area contributed by atoms with Gasteiger partial charge in [-0.15, -0.1) is 0 Å². The molecule has 4 unspecified atom stereocenters. The lowest BCUT2D eigenvalue weighted by molar-refractivity contribution is -0.145. The summed E-state index contributed by atoms with van der Waals surface area (Å²) >= 11 is 0. The van der Waals surface area contributed by atoms with Crippen molar-refractivity contribution in [3.05, 3.63) is 0 Å². The normalized spacial score (nSPS) is 39.6. The van der Waals surface area contributed by atoms with Crippen LogP contribution in [-0.4, -0.2) is 58.5 Å². The highest BCUT2D eigenvalue weighted by molar-refractivity contribution is 5.85. The van der Waals surface area contributed by atoms with E-state index in [0.29, 0.717) is 12.0 Å². The Morgan fingerprint density at radius 3 is 2.63 bits per heavy atom. The molecule has 106 valence electrons. The Kier molecular flexibility index (Phi) is 3.25. The lowest BCUT2D eigenvalue weighted by atomic mass is 9.84. The molecule has 0 aromatic heterocycles. The number of amides is 1. The highest BCUT2D eigenvalue weighted by atomic mass is 16.4. The Morgan fingerprint density at radius 1 is 1.26 bits per heavy atom. The highest BCUT2D eigenvalue weighted by Crippen LogP contribution is 2.42. The second-order valence-corrected chi connectivity index (χ2v) is 6.21. The van der Waals surface area contributed by atoms with Gasteiger partial charge in [0.15, 0.2) is 0 Å². The number of rotatable bonds is 2. The first-order valence-corrected chi connectivity index (χ1v) is 7.35. The molecule has 2 saturated heterocycles. The average molecular weight is 266 g/mol. The van der Waals surface area contributed by atoms with E-state index in [9.17, 15) is 14.7 Å². The molecule has 0 radical (unpaired) electrons. The van der Waals surface area contributed by atoms with Crippen LogP contribution in [0.4, 0.5) is 0 Å². The molecule has 1 amide bonds. The molecule has 2 heterocycles. The number of carbonyl (C=O) groups excluding carboxylic acids is 1. The van der Waals surface area contributed by atoms with Crippen molar-refractivity contribution >= 4 is 11.9 Å². The van der Waals surface area contributed by atoms with E-state index in [1.165, 1.54) is 12.8 Å². The van der Waals surface area contributed by atoms with Crippen LogP contribution in [0.25, 0.3) is 0 Å². The molecule has 4 atom stereocenters. The van der Waals surface area contributed by atoms with Crippen LogP contribution in [-0.2, 0) is 9.59 Å². The number of aliphatic carboxylic acids is 1. The number of fused-ring (bicyclic) bond motifs is 1. The van der Waals surface area contributed by atoms with E-state index in [0.717, 1.165) is 32.2 Å². The third-order valence-electron chi connectivity index (χ3n) is 5.18. The van der Waals surface area contributed by atoms with Crippen LogP contribution < -0.4 is 0 Å². The lowest BCUT2D eigenvalue weighted by Crippen LogP contribution is -2.51. The minimum absolute atomic E-state index is 0.109. The van der Waals surface area contributed by atoms with Gasteiger partial charge in [-0.1, -0.05) is 12.8 Å². The fourth-order valence-electron chi connectivity index (χ4n) is 4.25. The number of hydrogen-bond donors (Lipinski definition) is 1. The van der Waals surface area contributed by atoms with Crippen molar-refractivity contribution in [1.29, 1.82) is 0 Å². The Hall–Kier alpha value is -1.10. The Balaban J connectivity index is 1.86. The summed E-state index contributed by atoms with van der Waals surface area (Å²) < 4.78 is 0. The van der Waals surface area contributed by atoms with Gasteiger partial charge in [0, 0.05) is 19.6 Å². The van der Waals surface area contributed by atoms with Gasteiger partial charge in [0.1, 0.15) is 6.04 Å². The molecule has 2 aliphatic heterocycles. The summed E-state index contributed by atoms with van der Waals surface area (Å²) in [5.41, 5.74) is 0. The number of likely N-dealkylation sites (N-methyl/N-ethyl adjacent to an activating group) is 1. The maximum Gasteiger partial charge on any atom is 0.320 e. The average Bonchev–Trinajstić information content (AvgIpc) is 2.92. The Morgan fingerprint density at radius 2 is 2.00 bits per heavy atom. The van der Waals surface area contributed by atoms with Gasteiger partial charge in [-0.05, 0) is 31.6 Å². The fourth-order valence-corrected chi connectivity index (χ4v) is 4.25. The van der Waals surface area contributed by atoms with Gasteiger partial charge in [0.05, 0.1) is 6.04 Å². The second-order valence-electron chi connectivity index (χ2n) is 6.21. The summed E-state index contributed by atoms with van der Waals surface area (Å²) in [5, 5.41) is 9.48. The fraction of sp³-hybridized carbons (Fsp3) is 0.857. The first-order chi connectivity index (χ1) is 9.09. The van der Waals surface area contributed by atoms with E-state index < -0.39 is 12.0 Å². The lowest BCUT2D eigenvalue weighted by Gasteiger charge is -2.36.